The molecule has 126 valence electrons. The van der Waals surface area contributed by atoms with Crippen molar-refractivity contribution in [2.24, 2.45) is 11.8 Å². The Bertz CT molecular complexity index is 455. The van der Waals surface area contributed by atoms with Crippen molar-refractivity contribution in [3.63, 3.8) is 0 Å². The fourth-order valence-electron chi connectivity index (χ4n) is 3.38. The van der Waals surface area contributed by atoms with Gasteiger partial charge in [0.1, 0.15) is 5.78 Å². The van der Waals surface area contributed by atoms with E-state index in [4.69, 9.17) is 4.43 Å². The van der Waals surface area contributed by atoms with Gasteiger partial charge in [0.05, 0.1) is 18.1 Å². The van der Waals surface area contributed by atoms with E-state index < -0.39 is 8.32 Å². The van der Waals surface area contributed by atoms with E-state index in [0.29, 0.717) is 12.2 Å². The standard InChI is InChI=1S/C17H31NO3Si/c1-11(21-22(5,6)17(2,3)4)14-15(18-16(14)20)12-9-7-8-10-13(12)19/h11-12,14-15H,7-10H2,1-6H3,(H,18,20)/t11-,12-,14?,15?/m1/s1. The molecule has 22 heavy (non-hydrogen) atoms. The largest absolute Gasteiger partial charge is 0.413 e. The van der Waals surface area contributed by atoms with Crippen LogP contribution in [-0.4, -0.2) is 32.2 Å². The predicted octanol–water partition coefficient (Wildman–Crippen LogP) is 3.27. The second-order valence-corrected chi connectivity index (χ2v) is 13.2. The second-order valence-electron chi connectivity index (χ2n) is 8.46. The van der Waals surface area contributed by atoms with Crippen molar-refractivity contribution in [2.45, 2.75) is 83.7 Å². The maximum atomic E-state index is 12.2. The Labute approximate surface area is 135 Å². The number of carbonyl (C=O) groups is 2. The monoisotopic (exact) mass is 325 g/mol. The normalized spacial score (nSPS) is 31.5. The Kier molecular flexibility index (Phi) is 4.88. The molecule has 1 saturated carbocycles. The zero-order valence-corrected chi connectivity index (χ0v) is 15.9. The fourth-order valence-corrected chi connectivity index (χ4v) is 4.81. The summed E-state index contributed by atoms with van der Waals surface area (Å²) in [4.78, 5) is 24.2. The molecule has 0 aromatic rings. The Hall–Kier alpha value is -0.683. The lowest BCUT2D eigenvalue weighted by molar-refractivity contribution is -0.145. The van der Waals surface area contributed by atoms with Crippen LogP contribution >= 0.6 is 0 Å². The molecule has 2 rings (SSSR count). The lowest BCUT2D eigenvalue weighted by atomic mass is 9.72. The van der Waals surface area contributed by atoms with Crippen molar-refractivity contribution >= 4 is 20.0 Å². The Morgan fingerprint density at radius 3 is 2.36 bits per heavy atom. The summed E-state index contributed by atoms with van der Waals surface area (Å²) in [5.74, 6) is 0.207. The molecule has 2 unspecified atom stereocenters. The molecule has 2 fully saturated rings. The van der Waals surface area contributed by atoms with E-state index in [0.717, 1.165) is 19.3 Å². The van der Waals surface area contributed by atoms with Crippen molar-refractivity contribution in [2.75, 3.05) is 0 Å². The number of amides is 1. The van der Waals surface area contributed by atoms with E-state index in [9.17, 15) is 9.59 Å². The first-order chi connectivity index (χ1) is 10.0. The highest BCUT2D eigenvalue weighted by Gasteiger charge is 2.51. The summed E-state index contributed by atoms with van der Waals surface area (Å²) in [7, 11) is -1.90. The quantitative estimate of drug-likeness (QED) is 0.637. The van der Waals surface area contributed by atoms with Crippen LogP contribution in [0.5, 0.6) is 0 Å². The molecule has 1 N–H and O–H groups in total. The Morgan fingerprint density at radius 2 is 1.86 bits per heavy atom. The molecule has 0 radical (unpaired) electrons. The van der Waals surface area contributed by atoms with Gasteiger partial charge in [0.2, 0.25) is 5.91 Å². The molecule has 4 nitrogen and oxygen atoms in total. The van der Waals surface area contributed by atoms with Crippen LogP contribution in [0.3, 0.4) is 0 Å². The minimum Gasteiger partial charge on any atom is -0.413 e. The zero-order chi connectivity index (χ0) is 16.7. The summed E-state index contributed by atoms with van der Waals surface area (Å²) >= 11 is 0. The molecule has 1 aliphatic heterocycles. The summed E-state index contributed by atoms with van der Waals surface area (Å²) in [6.45, 7) is 13.0. The van der Waals surface area contributed by atoms with Crippen LogP contribution in [-0.2, 0) is 14.0 Å². The van der Waals surface area contributed by atoms with Crippen LogP contribution in [0.4, 0.5) is 0 Å². The highest BCUT2D eigenvalue weighted by molar-refractivity contribution is 6.74. The molecular formula is C17H31NO3Si. The SMILES string of the molecule is C[C@@H](O[Si](C)(C)C(C)(C)C)C1C(=O)NC1[C@@H]1CCCCC1=O. The lowest BCUT2D eigenvalue weighted by Crippen LogP contribution is -2.67. The number of hydrogen-bond donors (Lipinski definition) is 1. The van der Waals surface area contributed by atoms with E-state index in [1.807, 2.05) is 6.92 Å². The van der Waals surface area contributed by atoms with Gasteiger partial charge in [-0.2, -0.15) is 0 Å². The maximum Gasteiger partial charge on any atom is 0.228 e. The van der Waals surface area contributed by atoms with E-state index in [1.165, 1.54) is 0 Å². The maximum absolute atomic E-state index is 12.2. The predicted molar refractivity (Wildman–Crippen MR) is 90.1 cm³/mol. The van der Waals surface area contributed by atoms with Gasteiger partial charge in [-0.25, -0.2) is 0 Å². The minimum absolute atomic E-state index is 0.00177. The average Bonchev–Trinajstić information content (AvgIpc) is 2.34. The second kappa shape index (κ2) is 6.08. The number of ketones is 1. The molecule has 1 aliphatic carbocycles. The first kappa shape index (κ1) is 17.7. The number of Topliss-reactive ketones (excluding diaryl/α,β-unsaturated/α-hetero) is 1. The van der Waals surface area contributed by atoms with Crippen molar-refractivity contribution in [1.82, 2.24) is 5.32 Å². The van der Waals surface area contributed by atoms with Crippen LogP contribution in [0.15, 0.2) is 0 Å². The summed E-state index contributed by atoms with van der Waals surface area (Å²) in [6.07, 6.45) is 3.55. The van der Waals surface area contributed by atoms with Crippen molar-refractivity contribution in [3.8, 4) is 0 Å². The van der Waals surface area contributed by atoms with E-state index in [2.05, 4.69) is 39.2 Å². The van der Waals surface area contributed by atoms with Gasteiger partial charge < -0.3 is 9.74 Å². The van der Waals surface area contributed by atoms with Gasteiger partial charge in [0, 0.05) is 12.3 Å². The summed E-state index contributed by atoms with van der Waals surface area (Å²) < 4.78 is 6.40. The number of hydrogen-bond acceptors (Lipinski definition) is 3. The summed E-state index contributed by atoms with van der Waals surface area (Å²) in [5.41, 5.74) is 0. The third-order valence-electron chi connectivity index (χ3n) is 5.83. The van der Waals surface area contributed by atoms with Gasteiger partial charge in [0.15, 0.2) is 8.32 Å². The Morgan fingerprint density at radius 1 is 1.23 bits per heavy atom. The molecule has 1 heterocycles. The first-order valence-corrected chi connectivity index (χ1v) is 11.5. The molecule has 4 atom stereocenters. The minimum atomic E-state index is -1.90. The molecule has 1 amide bonds. The Balaban J connectivity index is 2.06. The number of rotatable bonds is 4. The highest BCUT2D eigenvalue weighted by atomic mass is 28.4. The molecular weight excluding hydrogens is 294 g/mol. The topological polar surface area (TPSA) is 55.4 Å². The van der Waals surface area contributed by atoms with Gasteiger partial charge >= 0.3 is 0 Å². The van der Waals surface area contributed by atoms with Crippen molar-refractivity contribution in [1.29, 1.82) is 0 Å². The van der Waals surface area contributed by atoms with Crippen molar-refractivity contribution in [3.05, 3.63) is 0 Å². The number of nitrogens with one attached hydrogen (secondary N) is 1. The third kappa shape index (κ3) is 3.30. The van der Waals surface area contributed by atoms with Crippen LogP contribution in [0.1, 0.15) is 53.4 Å². The summed E-state index contributed by atoms with van der Waals surface area (Å²) in [6, 6.07) is -0.0138. The number of carbonyl (C=O) groups excluding carboxylic acids is 2. The van der Waals surface area contributed by atoms with E-state index in [-0.39, 0.29) is 34.9 Å². The molecule has 0 bridgehead atoms. The van der Waals surface area contributed by atoms with Gasteiger partial charge in [0.25, 0.3) is 0 Å². The fraction of sp³-hybridized carbons (Fsp3) is 0.882. The zero-order valence-electron chi connectivity index (χ0n) is 14.9. The molecule has 0 spiro atoms. The van der Waals surface area contributed by atoms with Crippen LogP contribution in [0.2, 0.25) is 18.1 Å². The third-order valence-corrected chi connectivity index (χ3v) is 10.4. The summed E-state index contributed by atoms with van der Waals surface area (Å²) in [5, 5.41) is 3.10. The molecule has 0 aromatic carbocycles. The van der Waals surface area contributed by atoms with Gasteiger partial charge in [-0.15, -0.1) is 0 Å². The van der Waals surface area contributed by atoms with E-state index >= 15 is 0 Å². The molecule has 1 saturated heterocycles. The number of β-lactam (4-membered cyclic amide) rings is 1. The van der Waals surface area contributed by atoms with Crippen LogP contribution < -0.4 is 5.32 Å². The van der Waals surface area contributed by atoms with Crippen LogP contribution in [0, 0.1) is 11.8 Å². The lowest BCUT2D eigenvalue weighted by Gasteiger charge is -2.48. The van der Waals surface area contributed by atoms with Gasteiger partial charge in [-0.3, -0.25) is 9.59 Å². The van der Waals surface area contributed by atoms with Crippen LogP contribution in [0.25, 0.3) is 0 Å². The average molecular weight is 326 g/mol. The first-order valence-electron chi connectivity index (χ1n) is 8.55. The van der Waals surface area contributed by atoms with Gasteiger partial charge in [-0.1, -0.05) is 27.2 Å². The van der Waals surface area contributed by atoms with E-state index in [1.54, 1.807) is 0 Å². The van der Waals surface area contributed by atoms with Gasteiger partial charge in [-0.05, 0) is 37.9 Å². The molecule has 2 aliphatic rings. The highest BCUT2D eigenvalue weighted by Crippen LogP contribution is 2.40. The molecule has 5 heteroatoms. The van der Waals surface area contributed by atoms with Crippen molar-refractivity contribution < 1.29 is 14.0 Å². The smallest absolute Gasteiger partial charge is 0.228 e. The molecule has 0 aromatic heterocycles.